The van der Waals surface area contributed by atoms with Crippen LogP contribution in [0.3, 0.4) is 0 Å². The zero-order chi connectivity index (χ0) is 14.8. The zero-order valence-electron chi connectivity index (χ0n) is 11.7. The molecule has 2 rings (SSSR count). The molecule has 0 spiro atoms. The third kappa shape index (κ3) is 3.50. The van der Waals surface area contributed by atoms with Crippen LogP contribution < -0.4 is 10.5 Å². The third-order valence-corrected chi connectivity index (χ3v) is 5.50. The fourth-order valence-electron chi connectivity index (χ4n) is 2.68. The number of anilines is 1. The maximum atomic E-state index is 12.3. The van der Waals surface area contributed by atoms with E-state index in [1.54, 1.807) is 25.1 Å². The average molecular weight is 298 g/mol. The molecule has 1 fully saturated rings. The number of hydrogen-bond acceptors (Lipinski definition) is 4. The van der Waals surface area contributed by atoms with E-state index in [-0.39, 0.29) is 16.9 Å². The number of nitrogens with one attached hydrogen (secondary N) is 1. The van der Waals surface area contributed by atoms with Crippen molar-refractivity contribution in [2.75, 3.05) is 12.3 Å². The Morgan fingerprint density at radius 1 is 1.40 bits per heavy atom. The second kappa shape index (κ2) is 6.11. The minimum absolute atomic E-state index is 0.204. The summed E-state index contributed by atoms with van der Waals surface area (Å²) in [4.78, 5) is 0.230. The fraction of sp³-hybridized carbons (Fsp3) is 0.571. The SMILES string of the molecule is Cc1c(N)cccc1S(=O)(=O)NCC1CCCC(O)C1. The lowest BCUT2D eigenvalue weighted by Crippen LogP contribution is -2.33. The Labute approximate surface area is 120 Å². The third-order valence-electron chi connectivity index (χ3n) is 3.93. The molecule has 1 aliphatic carbocycles. The quantitative estimate of drug-likeness (QED) is 0.733. The molecule has 1 aromatic carbocycles. The zero-order valence-corrected chi connectivity index (χ0v) is 12.5. The smallest absolute Gasteiger partial charge is 0.240 e. The van der Waals surface area contributed by atoms with E-state index in [4.69, 9.17) is 5.73 Å². The molecule has 112 valence electrons. The van der Waals surface area contributed by atoms with Crippen LogP contribution in [0.4, 0.5) is 5.69 Å². The molecule has 2 unspecified atom stereocenters. The van der Waals surface area contributed by atoms with E-state index in [0.717, 1.165) is 19.3 Å². The summed E-state index contributed by atoms with van der Waals surface area (Å²) in [6, 6.07) is 4.89. The van der Waals surface area contributed by atoms with E-state index < -0.39 is 10.0 Å². The highest BCUT2D eigenvalue weighted by Crippen LogP contribution is 2.25. The molecule has 4 N–H and O–H groups in total. The first kappa shape index (κ1) is 15.3. The van der Waals surface area contributed by atoms with Crippen LogP contribution in [0.15, 0.2) is 23.1 Å². The highest BCUT2D eigenvalue weighted by molar-refractivity contribution is 7.89. The van der Waals surface area contributed by atoms with E-state index in [2.05, 4.69) is 4.72 Å². The van der Waals surface area contributed by atoms with Gasteiger partial charge in [-0.05, 0) is 49.8 Å². The van der Waals surface area contributed by atoms with Crippen molar-refractivity contribution in [2.24, 2.45) is 5.92 Å². The number of benzene rings is 1. The van der Waals surface area contributed by atoms with E-state index in [9.17, 15) is 13.5 Å². The number of sulfonamides is 1. The van der Waals surface area contributed by atoms with Gasteiger partial charge in [0.05, 0.1) is 11.0 Å². The van der Waals surface area contributed by atoms with Gasteiger partial charge in [-0.15, -0.1) is 0 Å². The van der Waals surface area contributed by atoms with Gasteiger partial charge in [0, 0.05) is 12.2 Å². The summed E-state index contributed by atoms with van der Waals surface area (Å²) in [6.45, 7) is 2.07. The standard InChI is InChI=1S/C14H22N2O3S/c1-10-13(15)6-3-7-14(10)20(18,19)16-9-11-4-2-5-12(17)8-11/h3,6-7,11-12,16-17H,2,4-5,8-9,15H2,1H3. The van der Waals surface area contributed by atoms with Gasteiger partial charge in [-0.2, -0.15) is 0 Å². The first-order chi connectivity index (χ1) is 9.40. The van der Waals surface area contributed by atoms with Gasteiger partial charge in [-0.25, -0.2) is 13.1 Å². The second-order valence-electron chi connectivity index (χ2n) is 5.51. The first-order valence-corrected chi connectivity index (χ1v) is 8.41. The molecule has 1 aromatic rings. The van der Waals surface area contributed by atoms with Gasteiger partial charge in [-0.1, -0.05) is 12.5 Å². The number of hydrogen-bond donors (Lipinski definition) is 3. The van der Waals surface area contributed by atoms with Gasteiger partial charge in [0.2, 0.25) is 10.0 Å². The lowest BCUT2D eigenvalue weighted by Gasteiger charge is -2.26. The minimum Gasteiger partial charge on any atom is -0.398 e. The van der Waals surface area contributed by atoms with Crippen LogP contribution in [-0.4, -0.2) is 26.2 Å². The van der Waals surface area contributed by atoms with Gasteiger partial charge < -0.3 is 10.8 Å². The molecule has 1 saturated carbocycles. The molecular weight excluding hydrogens is 276 g/mol. The number of aliphatic hydroxyl groups excluding tert-OH is 1. The molecule has 0 bridgehead atoms. The highest BCUT2D eigenvalue weighted by atomic mass is 32.2. The first-order valence-electron chi connectivity index (χ1n) is 6.93. The van der Waals surface area contributed by atoms with E-state index >= 15 is 0 Å². The van der Waals surface area contributed by atoms with Crippen molar-refractivity contribution < 1.29 is 13.5 Å². The van der Waals surface area contributed by atoms with Crippen molar-refractivity contribution >= 4 is 15.7 Å². The summed E-state index contributed by atoms with van der Waals surface area (Å²) < 4.78 is 27.2. The Morgan fingerprint density at radius 2 is 2.15 bits per heavy atom. The molecule has 2 atom stereocenters. The molecule has 6 heteroatoms. The van der Waals surface area contributed by atoms with E-state index in [0.29, 0.717) is 24.2 Å². The lowest BCUT2D eigenvalue weighted by atomic mass is 9.87. The van der Waals surface area contributed by atoms with Crippen LogP contribution in [0.1, 0.15) is 31.2 Å². The molecule has 0 aliphatic heterocycles. The van der Waals surface area contributed by atoms with Gasteiger partial charge in [0.1, 0.15) is 0 Å². The number of nitrogen functional groups attached to an aromatic ring is 1. The average Bonchev–Trinajstić information content (AvgIpc) is 2.40. The summed E-state index contributed by atoms with van der Waals surface area (Å²) in [6.07, 6.45) is 3.09. The van der Waals surface area contributed by atoms with Crippen LogP contribution in [0.2, 0.25) is 0 Å². The molecule has 0 saturated heterocycles. The lowest BCUT2D eigenvalue weighted by molar-refractivity contribution is 0.102. The minimum atomic E-state index is -3.54. The van der Waals surface area contributed by atoms with Crippen molar-refractivity contribution in [2.45, 2.75) is 43.6 Å². The number of aliphatic hydroxyl groups is 1. The molecule has 20 heavy (non-hydrogen) atoms. The molecule has 5 nitrogen and oxygen atoms in total. The molecular formula is C14H22N2O3S. The fourth-order valence-corrected chi connectivity index (χ4v) is 4.07. The Balaban J connectivity index is 2.06. The summed E-state index contributed by atoms with van der Waals surface area (Å²) in [5, 5.41) is 9.61. The Hall–Kier alpha value is -1.11. The normalized spacial score (nSPS) is 23.7. The molecule has 0 amide bonds. The summed E-state index contributed by atoms with van der Waals surface area (Å²) in [5.41, 5.74) is 6.80. The number of nitrogens with two attached hydrogens (primary N) is 1. The summed E-state index contributed by atoms with van der Waals surface area (Å²) in [7, 11) is -3.54. The Kier molecular flexibility index (Phi) is 4.67. The summed E-state index contributed by atoms with van der Waals surface area (Å²) >= 11 is 0. The van der Waals surface area contributed by atoms with Crippen LogP contribution in [0.25, 0.3) is 0 Å². The predicted octanol–water partition coefficient (Wildman–Crippen LogP) is 1.41. The van der Waals surface area contributed by atoms with Crippen LogP contribution in [-0.2, 0) is 10.0 Å². The van der Waals surface area contributed by atoms with Crippen molar-refractivity contribution in [3.05, 3.63) is 23.8 Å². The summed E-state index contributed by atoms with van der Waals surface area (Å²) in [5.74, 6) is 0.204. The van der Waals surface area contributed by atoms with Crippen molar-refractivity contribution in [3.63, 3.8) is 0 Å². The largest absolute Gasteiger partial charge is 0.398 e. The maximum absolute atomic E-state index is 12.3. The second-order valence-corrected chi connectivity index (χ2v) is 7.24. The van der Waals surface area contributed by atoms with Crippen molar-refractivity contribution in [3.8, 4) is 0 Å². The number of rotatable bonds is 4. The molecule has 1 aliphatic rings. The Morgan fingerprint density at radius 3 is 2.85 bits per heavy atom. The van der Waals surface area contributed by atoms with Gasteiger partial charge in [0.15, 0.2) is 0 Å². The van der Waals surface area contributed by atoms with Gasteiger partial charge in [0.25, 0.3) is 0 Å². The topological polar surface area (TPSA) is 92.4 Å². The predicted molar refractivity (Wildman–Crippen MR) is 78.7 cm³/mol. The van der Waals surface area contributed by atoms with Gasteiger partial charge >= 0.3 is 0 Å². The molecule has 0 aromatic heterocycles. The van der Waals surface area contributed by atoms with Crippen molar-refractivity contribution in [1.29, 1.82) is 0 Å². The maximum Gasteiger partial charge on any atom is 0.240 e. The highest BCUT2D eigenvalue weighted by Gasteiger charge is 2.23. The monoisotopic (exact) mass is 298 g/mol. The van der Waals surface area contributed by atoms with Crippen LogP contribution in [0, 0.1) is 12.8 Å². The molecule has 0 heterocycles. The molecule has 0 radical (unpaired) electrons. The van der Waals surface area contributed by atoms with E-state index in [1.165, 1.54) is 0 Å². The van der Waals surface area contributed by atoms with Crippen molar-refractivity contribution in [1.82, 2.24) is 4.72 Å². The van der Waals surface area contributed by atoms with Crippen LogP contribution >= 0.6 is 0 Å². The van der Waals surface area contributed by atoms with Gasteiger partial charge in [-0.3, -0.25) is 0 Å². The van der Waals surface area contributed by atoms with E-state index in [1.807, 2.05) is 0 Å². The Bertz CT molecular complexity index is 572. The van der Waals surface area contributed by atoms with Crippen LogP contribution in [0.5, 0.6) is 0 Å².